The lowest BCUT2D eigenvalue weighted by atomic mass is 9.84. The first kappa shape index (κ1) is 54.7. The minimum atomic E-state index is -0.804. The summed E-state index contributed by atoms with van der Waals surface area (Å²) in [5.74, 6) is 6.87. The molecule has 11 nitrogen and oxygen atoms in total. The smallest absolute Gasteiger partial charge is 0.220 e. The normalized spacial score (nSPS) is 10.8. The van der Waals surface area contributed by atoms with Crippen LogP contribution >= 0.6 is 0 Å². The molecule has 0 aliphatic carbocycles. The monoisotopic (exact) mass is 723 g/mol. The number of unbranched alkanes of at least 4 members (excludes halogenated alkanes) is 2. The molecule has 51 heavy (non-hydrogen) atoms. The van der Waals surface area contributed by atoms with E-state index in [2.05, 4.69) is 54.5 Å². The van der Waals surface area contributed by atoms with Gasteiger partial charge >= 0.3 is 0 Å². The van der Waals surface area contributed by atoms with Gasteiger partial charge in [-0.1, -0.05) is 72.6 Å². The molecule has 0 rings (SSSR count). The number of amides is 3. The first-order valence-corrected chi connectivity index (χ1v) is 18.8. The molecule has 296 valence electrons. The molecule has 0 radical (unpaired) electrons. The Labute approximate surface area is 312 Å². The highest BCUT2D eigenvalue weighted by molar-refractivity contribution is 5.77. The van der Waals surface area contributed by atoms with Gasteiger partial charge in [0.1, 0.15) is 13.2 Å². The lowest BCUT2D eigenvalue weighted by Crippen LogP contribution is -2.43. The van der Waals surface area contributed by atoms with Crippen LogP contribution in [0.1, 0.15) is 125 Å². The zero-order valence-corrected chi connectivity index (χ0v) is 33.1. The topological polar surface area (TPSA) is 150 Å². The molecule has 0 saturated heterocycles. The van der Waals surface area contributed by atoms with E-state index in [-0.39, 0.29) is 43.6 Å². The van der Waals surface area contributed by atoms with Crippen molar-refractivity contribution in [2.45, 2.75) is 131 Å². The first-order chi connectivity index (χ1) is 24.6. The van der Waals surface area contributed by atoms with E-state index in [1.165, 1.54) is 19.3 Å². The summed E-state index contributed by atoms with van der Waals surface area (Å²) in [6.45, 7) is 17.6. The predicted octanol–water partition coefficient (Wildman–Crippen LogP) is 5.15. The van der Waals surface area contributed by atoms with Crippen molar-refractivity contribution in [1.29, 1.82) is 0 Å². The number of rotatable bonds is 28. The molecule has 0 fully saturated rings. The Balaban J connectivity index is -0.000000569. The number of nitrogens with two attached hydrogens (primary N) is 1. The van der Waals surface area contributed by atoms with Gasteiger partial charge in [-0.2, -0.15) is 0 Å². The highest BCUT2D eigenvalue weighted by Gasteiger charge is 2.27. The maximum atomic E-state index is 12.3. The van der Waals surface area contributed by atoms with Crippen LogP contribution < -0.4 is 21.7 Å². The fourth-order valence-corrected chi connectivity index (χ4v) is 3.70. The molecule has 0 aliphatic rings. The Morgan fingerprint density at radius 2 is 0.961 bits per heavy atom. The van der Waals surface area contributed by atoms with Crippen LogP contribution in [0.15, 0.2) is 0 Å². The molecule has 0 saturated carbocycles. The molecule has 0 heterocycles. The average Bonchev–Trinajstić information content (AvgIpc) is 3.13. The molecule has 0 aromatic rings. The number of terminal acetylenes is 3. The lowest BCUT2D eigenvalue weighted by molar-refractivity contribution is -0.121. The van der Waals surface area contributed by atoms with Crippen molar-refractivity contribution in [1.82, 2.24) is 16.0 Å². The van der Waals surface area contributed by atoms with Crippen LogP contribution in [-0.2, 0) is 33.3 Å². The second-order valence-electron chi connectivity index (χ2n) is 11.6. The number of carbonyl (C=O) groups is 3. The number of hydrogen-bond acceptors (Lipinski definition) is 8. The number of nitrogens with one attached hydrogen (secondary N) is 3. The number of ether oxygens (including phenoxy) is 4. The van der Waals surface area contributed by atoms with Gasteiger partial charge in [-0.05, 0) is 38.5 Å². The molecule has 1 atom stereocenters. The van der Waals surface area contributed by atoms with E-state index in [4.69, 9.17) is 44.0 Å². The molecule has 0 bridgehead atoms. The van der Waals surface area contributed by atoms with Crippen molar-refractivity contribution in [3.05, 3.63) is 0 Å². The van der Waals surface area contributed by atoms with Crippen LogP contribution in [-0.4, -0.2) is 95.7 Å². The standard InChI is InChI=1S/C25H46N4O6.C8H14O.C4H6.C3H8/c1-4-13-27-22(30)7-10-25(26,11-8-23(31)28-14-18-33-16-5-2)12-9-24(32)29-15-19-35-21-20-34-17-6-3;1-3-5-6-8-9-7-4-2;1-3-4-2;1-3-2/h3H,4-5,7-21,26H2,1-2H3,(H,27,30)(H,28,31)(H,29,32);2H,3,5-8H2,1H3;1H,4H2,2H3;3H2,1-2H3. The molecule has 0 aromatic heterocycles. The van der Waals surface area contributed by atoms with Crippen molar-refractivity contribution in [2.24, 2.45) is 5.73 Å². The summed E-state index contributed by atoms with van der Waals surface area (Å²) in [6.07, 6.45) is 24.1. The van der Waals surface area contributed by atoms with Gasteiger partial charge in [-0.3, -0.25) is 14.4 Å². The SMILES string of the molecule is C#CCC.C#CCOCCCCC.C#CCOCCOCCNC(=O)CCC(N)(CCC(=O)NCCC)CCC(=O)NCCOCCC.CCC. The van der Waals surface area contributed by atoms with E-state index in [1.54, 1.807) is 0 Å². The zero-order valence-electron chi connectivity index (χ0n) is 33.1. The Morgan fingerprint density at radius 1 is 0.549 bits per heavy atom. The molecular weight excluding hydrogens is 648 g/mol. The van der Waals surface area contributed by atoms with E-state index in [9.17, 15) is 14.4 Å². The number of hydrogen-bond donors (Lipinski definition) is 4. The zero-order chi connectivity index (χ0) is 39.3. The van der Waals surface area contributed by atoms with Gasteiger partial charge in [0.05, 0.1) is 26.4 Å². The van der Waals surface area contributed by atoms with Gasteiger partial charge in [0.2, 0.25) is 17.7 Å². The third-order valence-corrected chi connectivity index (χ3v) is 6.45. The van der Waals surface area contributed by atoms with E-state index in [0.717, 1.165) is 32.3 Å². The maximum absolute atomic E-state index is 12.3. The molecule has 0 aromatic carbocycles. The van der Waals surface area contributed by atoms with Gasteiger partial charge in [-0.25, -0.2) is 0 Å². The van der Waals surface area contributed by atoms with Crippen LogP contribution in [0.2, 0.25) is 0 Å². The third kappa shape index (κ3) is 51.4. The summed E-state index contributed by atoms with van der Waals surface area (Å²) in [6, 6.07) is 0. The van der Waals surface area contributed by atoms with Crippen molar-refractivity contribution in [3.63, 3.8) is 0 Å². The molecule has 3 amide bonds. The summed E-state index contributed by atoms with van der Waals surface area (Å²) >= 11 is 0. The van der Waals surface area contributed by atoms with Crippen molar-refractivity contribution in [3.8, 4) is 37.0 Å². The van der Waals surface area contributed by atoms with Gasteiger partial charge < -0.3 is 40.6 Å². The van der Waals surface area contributed by atoms with Crippen LogP contribution in [0, 0.1) is 37.0 Å². The fourth-order valence-electron chi connectivity index (χ4n) is 3.70. The Morgan fingerprint density at radius 3 is 1.35 bits per heavy atom. The fraction of sp³-hybridized carbons (Fsp3) is 0.775. The minimum Gasteiger partial charge on any atom is -0.380 e. The van der Waals surface area contributed by atoms with E-state index >= 15 is 0 Å². The highest BCUT2D eigenvalue weighted by atomic mass is 16.5. The Kier molecular flexibility index (Phi) is 50.3. The van der Waals surface area contributed by atoms with E-state index in [1.807, 2.05) is 20.8 Å². The van der Waals surface area contributed by atoms with Gasteiger partial charge in [-0.15, -0.1) is 25.2 Å². The van der Waals surface area contributed by atoms with Crippen LogP contribution in [0.3, 0.4) is 0 Å². The lowest BCUT2D eigenvalue weighted by Gasteiger charge is -2.29. The summed E-state index contributed by atoms with van der Waals surface area (Å²) in [7, 11) is 0. The summed E-state index contributed by atoms with van der Waals surface area (Å²) in [5.41, 5.74) is 5.78. The summed E-state index contributed by atoms with van der Waals surface area (Å²) in [5, 5.41) is 8.45. The maximum Gasteiger partial charge on any atom is 0.220 e. The van der Waals surface area contributed by atoms with Gasteiger partial charge in [0.25, 0.3) is 0 Å². The Hall–Kier alpha value is -3.11. The quantitative estimate of drug-likeness (QED) is 0.0640. The molecule has 0 aliphatic heterocycles. The van der Waals surface area contributed by atoms with Gasteiger partial charge in [0.15, 0.2) is 0 Å². The number of carbonyl (C=O) groups excluding carboxylic acids is 3. The van der Waals surface area contributed by atoms with Crippen LogP contribution in [0.4, 0.5) is 0 Å². The second-order valence-corrected chi connectivity index (χ2v) is 11.6. The third-order valence-electron chi connectivity index (χ3n) is 6.45. The highest BCUT2D eigenvalue weighted by Crippen LogP contribution is 2.23. The molecule has 5 N–H and O–H groups in total. The molecule has 11 heteroatoms. The van der Waals surface area contributed by atoms with E-state index in [0.29, 0.717) is 78.5 Å². The van der Waals surface area contributed by atoms with Crippen molar-refractivity contribution >= 4 is 17.7 Å². The second kappa shape index (κ2) is 46.9. The minimum absolute atomic E-state index is 0.0768. The van der Waals surface area contributed by atoms with Crippen LogP contribution in [0.25, 0.3) is 0 Å². The van der Waals surface area contributed by atoms with E-state index < -0.39 is 5.54 Å². The average molecular weight is 723 g/mol. The largest absolute Gasteiger partial charge is 0.380 e. The van der Waals surface area contributed by atoms with Crippen molar-refractivity contribution in [2.75, 3.05) is 72.5 Å². The predicted molar refractivity (Wildman–Crippen MR) is 210 cm³/mol. The van der Waals surface area contributed by atoms with Crippen LogP contribution in [0.5, 0.6) is 0 Å². The summed E-state index contributed by atoms with van der Waals surface area (Å²) in [4.78, 5) is 36.5. The molecular formula is C40H74N4O7. The summed E-state index contributed by atoms with van der Waals surface area (Å²) < 4.78 is 20.9. The Bertz CT molecular complexity index is 912. The van der Waals surface area contributed by atoms with Gasteiger partial charge in [0, 0.05) is 64.1 Å². The molecule has 1 unspecified atom stereocenters. The molecule has 0 spiro atoms. The van der Waals surface area contributed by atoms with Crippen molar-refractivity contribution < 1.29 is 33.3 Å². The first-order valence-electron chi connectivity index (χ1n) is 18.8.